The van der Waals surface area contributed by atoms with Gasteiger partial charge in [0, 0.05) is 23.7 Å². The van der Waals surface area contributed by atoms with Gasteiger partial charge in [0.05, 0.1) is 0 Å². The van der Waals surface area contributed by atoms with Crippen LogP contribution >= 0.6 is 0 Å². The molecule has 0 saturated carbocycles. The number of hydrogen-bond donors (Lipinski definition) is 2. The number of nitrogens with one attached hydrogen (secondary N) is 1. The number of benzene rings is 1. The normalized spacial score (nSPS) is 12.7. The molecule has 1 aromatic heterocycles. The molecule has 6 nitrogen and oxygen atoms in total. The largest absolute Gasteiger partial charge is 0.480 e. The van der Waals surface area contributed by atoms with Crippen LogP contribution in [0.25, 0.3) is 10.8 Å². The molecule has 23 heavy (non-hydrogen) atoms. The minimum Gasteiger partial charge on any atom is -0.480 e. The molecule has 1 atom stereocenters. The number of amides is 1. The summed E-state index contributed by atoms with van der Waals surface area (Å²) in [5.41, 5.74) is -0.0962. The van der Waals surface area contributed by atoms with Crippen LogP contribution in [-0.4, -0.2) is 33.8 Å². The summed E-state index contributed by atoms with van der Waals surface area (Å²) in [6, 6.07) is 8.39. The van der Waals surface area contributed by atoms with Crippen molar-refractivity contribution in [3.8, 4) is 0 Å². The molecule has 0 spiro atoms. The molecule has 0 unspecified atom stereocenters. The fourth-order valence-corrected chi connectivity index (χ4v) is 2.10. The molecule has 0 bridgehead atoms. The molecule has 0 saturated heterocycles. The Labute approximate surface area is 134 Å². The van der Waals surface area contributed by atoms with Crippen LogP contribution in [0.5, 0.6) is 0 Å². The summed E-state index contributed by atoms with van der Waals surface area (Å²) in [6.45, 7) is 5.15. The topological polar surface area (TPSA) is 88.5 Å². The van der Waals surface area contributed by atoms with Gasteiger partial charge in [0.15, 0.2) is 0 Å². The van der Waals surface area contributed by atoms with Crippen LogP contribution in [0.2, 0.25) is 0 Å². The zero-order chi connectivity index (χ0) is 17.0. The van der Waals surface area contributed by atoms with Crippen LogP contribution in [0, 0.1) is 0 Å². The number of carboxylic acids is 1. The van der Waals surface area contributed by atoms with Crippen molar-refractivity contribution in [2.45, 2.75) is 38.8 Å². The second-order valence-corrected chi connectivity index (χ2v) is 6.26. The van der Waals surface area contributed by atoms with Crippen molar-refractivity contribution >= 4 is 22.8 Å². The first-order valence-electron chi connectivity index (χ1n) is 7.30. The highest BCUT2D eigenvalue weighted by Gasteiger charge is 2.24. The van der Waals surface area contributed by atoms with E-state index in [2.05, 4.69) is 10.3 Å². The third-order valence-corrected chi connectivity index (χ3v) is 3.09. The number of nitrogens with zero attached hydrogens (tertiary/aromatic N) is 1. The number of carbonyl (C=O) groups excluding carboxylic acids is 1. The third kappa shape index (κ3) is 4.95. The van der Waals surface area contributed by atoms with E-state index in [1.54, 1.807) is 27.0 Å². The van der Waals surface area contributed by atoms with E-state index in [4.69, 9.17) is 4.74 Å². The van der Waals surface area contributed by atoms with Crippen molar-refractivity contribution in [1.29, 1.82) is 0 Å². The van der Waals surface area contributed by atoms with E-state index in [-0.39, 0.29) is 6.42 Å². The Morgan fingerprint density at radius 1 is 1.26 bits per heavy atom. The molecule has 0 radical (unpaired) electrons. The van der Waals surface area contributed by atoms with Crippen LogP contribution in [0.3, 0.4) is 0 Å². The number of carbonyl (C=O) groups is 2. The summed E-state index contributed by atoms with van der Waals surface area (Å²) < 4.78 is 5.09. The highest BCUT2D eigenvalue weighted by atomic mass is 16.6. The Bertz CT molecular complexity index is 722. The van der Waals surface area contributed by atoms with Gasteiger partial charge in [0.1, 0.15) is 11.6 Å². The molecule has 1 heterocycles. The molecule has 6 heteroatoms. The molecule has 2 rings (SSSR count). The Morgan fingerprint density at radius 2 is 1.91 bits per heavy atom. The quantitative estimate of drug-likeness (QED) is 0.905. The van der Waals surface area contributed by atoms with Crippen molar-refractivity contribution in [3.05, 3.63) is 42.2 Å². The van der Waals surface area contributed by atoms with Crippen LogP contribution < -0.4 is 5.32 Å². The number of pyridine rings is 1. The van der Waals surface area contributed by atoms with E-state index < -0.39 is 23.7 Å². The van der Waals surface area contributed by atoms with Gasteiger partial charge in [-0.2, -0.15) is 0 Å². The van der Waals surface area contributed by atoms with E-state index in [9.17, 15) is 14.7 Å². The molecule has 1 amide bonds. The molecule has 0 aliphatic carbocycles. The lowest BCUT2D eigenvalue weighted by Crippen LogP contribution is -2.44. The number of aliphatic carboxylic acids is 1. The highest BCUT2D eigenvalue weighted by molar-refractivity contribution is 5.83. The van der Waals surface area contributed by atoms with Gasteiger partial charge in [-0.3, -0.25) is 4.98 Å². The van der Waals surface area contributed by atoms with Crippen LogP contribution in [0.15, 0.2) is 36.5 Å². The van der Waals surface area contributed by atoms with Crippen LogP contribution in [0.1, 0.15) is 26.5 Å². The smallest absolute Gasteiger partial charge is 0.408 e. The summed E-state index contributed by atoms with van der Waals surface area (Å²) >= 11 is 0. The van der Waals surface area contributed by atoms with Gasteiger partial charge >= 0.3 is 12.1 Å². The molecular formula is C17H20N2O4. The number of rotatable bonds is 4. The number of carboxylic acid groups (broad SMARTS) is 1. The van der Waals surface area contributed by atoms with Crippen molar-refractivity contribution in [3.63, 3.8) is 0 Å². The maximum Gasteiger partial charge on any atom is 0.408 e. The van der Waals surface area contributed by atoms with E-state index in [1.807, 2.05) is 30.3 Å². The SMILES string of the molecule is CC(C)(C)OC(=O)N[C@H](Cc1cc2ccccc2cn1)C(=O)O. The first kappa shape index (κ1) is 16.7. The van der Waals surface area contributed by atoms with E-state index >= 15 is 0 Å². The van der Waals surface area contributed by atoms with Gasteiger partial charge in [-0.25, -0.2) is 9.59 Å². The molecule has 122 valence electrons. The molecule has 0 aliphatic rings. The van der Waals surface area contributed by atoms with E-state index in [0.717, 1.165) is 10.8 Å². The molecular weight excluding hydrogens is 296 g/mol. The van der Waals surface area contributed by atoms with E-state index in [1.165, 1.54) is 0 Å². The predicted molar refractivity (Wildman–Crippen MR) is 86.2 cm³/mol. The van der Waals surface area contributed by atoms with Gasteiger partial charge in [0.2, 0.25) is 0 Å². The highest BCUT2D eigenvalue weighted by Crippen LogP contribution is 2.14. The Kier molecular flexibility index (Phi) is 4.83. The van der Waals surface area contributed by atoms with Crippen LogP contribution in [-0.2, 0) is 16.0 Å². The minimum atomic E-state index is -1.13. The average molecular weight is 316 g/mol. The van der Waals surface area contributed by atoms with Gasteiger partial charge in [-0.15, -0.1) is 0 Å². The lowest BCUT2D eigenvalue weighted by Gasteiger charge is -2.21. The van der Waals surface area contributed by atoms with E-state index in [0.29, 0.717) is 5.69 Å². The lowest BCUT2D eigenvalue weighted by molar-refractivity contribution is -0.139. The zero-order valence-electron chi connectivity index (χ0n) is 13.4. The van der Waals surface area contributed by atoms with Crippen molar-refractivity contribution in [2.75, 3.05) is 0 Å². The fraction of sp³-hybridized carbons (Fsp3) is 0.353. The second kappa shape index (κ2) is 6.64. The van der Waals surface area contributed by atoms with Gasteiger partial charge in [-0.05, 0) is 32.2 Å². The van der Waals surface area contributed by atoms with Gasteiger partial charge in [-0.1, -0.05) is 24.3 Å². The monoisotopic (exact) mass is 316 g/mol. The Balaban J connectivity index is 2.11. The molecule has 0 aliphatic heterocycles. The number of hydrogen-bond acceptors (Lipinski definition) is 4. The number of ether oxygens (including phenoxy) is 1. The summed E-state index contributed by atoms with van der Waals surface area (Å²) in [6.07, 6.45) is 1.02. The van der Waals surface area contributed by atoms with Gasteiger partial charge < -0.3 is 15.2 Å². The first-order valence-corrected chi connectivity index (χ1v) is 7.30. The number of aromatic nitrogens is 1. The summed E-state index contributed by atoms with van der Waals surface area (Å²) in [5, 5.41) is 13.6. The summed E-state index contributed by atoms with van der Waals surface area (Å²) in [4.78, 5) is 27.4. The maximum atomic E-state index is 11.8. The fourth-order valence-electron chi connectivity index (χ4n) is 2.10. The average Bonchev–Trinajstić information content (AvgIpc) is 2.44. The zero-order valence-corrected chi connectivity index (χ0v) is 13.4. The minimum absolute atomic E-state index is 0.0827. The summed E-state index contributed by atoms with van der Waals surface area (Å²) in [5.74, 6) is -1.13. The lowest BCUT2D eigenvalue weighted by atomic mass is 10.1. The molecule has 0 fully saturated rings. The Morgan fingerprint density at radius 3 is 2.52 bits per heavy atom. The number of alkyl carbamates (subject to hydrolysis) is 1. The van der Waals surface area contributed by atoms with Crippen molar-refractivity contribution in [2.24, 2.45) is 0 Å². The number of fused-ring (bicyclic) bond motifs is 1. The Hall–Kier alpha value is -2.63. The molecule has 1 aromatic carbocycles. The van der Waals surface area contributed by atoms with Gasteiger partial charge in [0.25, 0.3) is 0 Å². The maximum absolute atomic E-state index is 11.8. The first-order chi connectivity index (χ1) is 10.7. The van der Waals surface area contributed by atoms with Crippen molar-refractivity contribution in [1.82, 2.24) is 10.3 Å². The second-order valence-electron chi connectivity index (χ2n) is 6.26. The predicted octanol–water partition coefficient (Wildman–Crippen LogP) is 2.76. The standard InChI is InChI=1S/C17H20N2O4/c1-17(2,3)23-16(22)19-14(15(20)21)9-13-8-11-6-4-5-7-12(11)10-18-13/h4-8,10,14H,9H2,1-3H3,(H,19,22)(H,20,21)/t14-/m1/s1. The molecule has 2 aromatic rings. The summed E-state index contributed by atoms with van der Waals surface area (Å²) in [7, 11) is 0. The van der Waals surface area contributed by atoms with Crippen LogP contribution in [0.4, 0.5) is 4.79 Å². The van der Waals surface area contributed by atoms with Crippen molar-refractivity contribution < 1.29 is 19.4 Å². The third-order valence-electron chi connectivity index (χ3n) is 3.09. The molecule has 2 N–H and O–H groups in total.